The van der Waals surface area contributed by atoms with Crippen LogP contribution in [0.3, 0.4) is 0 Å². The molecule has 1 atom stereocenters. The second-order valence-corrected chi connectivity index (χ2v) is 9.99. The largest absolute Gasteiger partial charge is 0.493 e. The maximum Gasteiger partial charge on any atom is 0.203 e. The molecule has 0 radical (unpaired) electrons. The summed E-state index contributed by atoms with van der Waals surface area (Å²) in [5, 5.41) is 12.9. The molecule has 1 aliphatic carbocycles. The van der Waals surface area contributed by atoms with Gasteiger partial charge in [0.25, 0.3) is 0 Å². The topological polar surface area (TPSA) is 77.8 Å². The van der Waals surface area contributed by atoms with Crippen LogP contribution in [0.2, 0.25) is 0 Å². The van der Waals surface area contributed by atoms with Crippen LogP contribution < -0.4 is 14.2 Å². The Labute approximate surface area is 197 Å². The van der Waals surface area contributed by atoms with Crippen LogP contribution in [0.25, 0.3) is 0 Å². The van der Waals surface area contributed by atoms with Gasteiger partial charge in [-0.3, -0.25) is 9.80 Å². The van der Waals surface area contributed by atoms with Crippen LogP contribution in [0.4, 0.5) is 0 Å². The summed E-state index contributed by atoms with van der Waals surface area (Å²) in [5.41, 5.74) is 0.780. The molecule has 0 spiro atoms. The fourth-order valence-corrected chi connectivity index (χ4v) is 5.25. The van der Waals surface area contributed by atoms with Gasteiger partial charge in [0.15, 0.2) is 17.3 Å². The van der Waals surface area contributed by atoms with Gasteiger partial charge in [0.05, 0.1) is 32.9 Å². The highest BCUT2D eigenvalue weighted by molar-refractivity contribution is 5.55. The van der Waals surface area contributed by atoms with E-state index in [4.69, 9.17) is 14.2 Å². The van der Waals surface area contributed by atoms with E-state index in [9.17, 15) is 0 Å². The molecule has 2 aromatic rings. The Hall–Kier alpha value is -2.39. The normalized spacial score (nSPS) is 19.6. The molecule has 2 fully saturated rings. The van der Waals surface area contributed by atoms with E-state index in [-0.39, 0.29) is 11.6 Å². The maximum atomic E-state index is 5.67. The van der Waals surface area contributed by atoms with Crippen LogP contribution in [-0.2, 0) is 5.54 Å². The first-order valence-corrected chi connectivity index (χ1v) is 11.9. The minimum Gasteiger partial charge on any atom is -0.493 e. The first-order valence-electron chi connectivity index (χ1n) is 11.9. The summed E-state index contributed by atoms with van der Waals surface area (Å²) in [6.07, 6.45) is 5.38. The molecule has 182 valence electrons. The van der Waals surface area contributed by atoms with Crippen LogP contribution in [0.15, 0.2) is 12.1 Å². The Morgan fingerprint density at radius 1 is 0.909 bits per heavy atom. The second-order valence-electron chi connectivity index (χ2n) is 9.99. The molecule has 1 aliphatic heterocycles. The third kappa shape index (κ3) is 4.80. The molecule has 0 amide bonds. The van der Waals surface area contributed by atoms with Crippen LogP contribution in [0.5, 0.6) is 17.2 Å². The number of tetrazole rings is 1. The van der Waals surface area contributed by atoms with E-state index in [1.807, 2.05) is 16.8 Å². The second kappa shape index (κ2) is 9.85. The fourth-order valence-electron chi connectivity index (χ4n) is 5.25. The van der Waals surface area contributed by atoms with Gasteiger partial charge in [0.1, 0.15) is 0 Å². The molecule has 1 saturated carbocycles. The van der Waals surface area contributed by atoms with Crippen molar-refractivity contribution >= 4 is 0 Å². The monoisotopic (exact) mass is 458 g/mol. The van der Waals surface area contributed by atoms with Crippen LogP contribution in [0.1, 0.15) is 63.9 Å². The Morgan fingerprint density at radius 3 is 2.03 bits per heavy atom. The van der Waals surface area contributed by atoms with Gasteiger partial charge in [0.2, 0.25) is 5.75 Å². The summed E-state index contributed by atoms with van der Waals surface area (Å²) in [6.45, 7) is 10.4. The number of rotatable bonds is 7. The Bertz CT molecular complexity index is 902. The van der Waals surface area contributed by atoms with Gasteiger partial charge in [-0.1, -0.05) is 12.8 Å². The summed E-state index contributed by atoms with van der Waals surface area (Å²) >= 11 is 0. The molecule has 2 aliphatic rings. The molecule has 0 unspecified atom stereocenters. The highest BCUT2D eigenvalue weighted by atomic mass is 16.5. The minimum absolute atomic E-state index is 0.126. The standard InChI is InChI=1S/C24H38N6O3/c1-24(2,3)30-23(25-26-27-30)21(17-15-19(31-4)22(33-6)20(16-17)32-5)29-13-11-28(12-14-29)18-9-7-8-10-18/h15-16,18,21H,7-14H2,1-6H3/t21-/m0/s1. The number of hydrogen-bond acceptors (Lipinski definition) is 8. The molecule has 4 rings (SSSR count). The van der Waals surface area contributed by atoms with Gasteiger partial charge in [-0.05, 0) is 61.7 Å². The third-order valence-corrected chi connectivity index (χ3v) is 6.93. The van der Waals surface area contributed by atoms with Gasteiger partial charge in [-0.15, -0.1) is 5.10 Å². The summed E-state index contributed by atoms with van der Waals surface area (Å²) in [7, 11) is 4.92. The lowest BCUT2D eigenvalue weighted by molar-refractivity contribution is 0.0754. The van der Waals surface area contributed by atoms with Crippen molar-refractivity contribution in [3.63, 3.8) is 0 Å². The molecule has 1 aromatic carbocycles. The molecule has 1 saturated heterocycles. The number of ether oxygens (including phenoxy) is 3. The minimum atomic E-state index is -0.247. The van der Waals surface area contributed by atoms with Crippen LogP contribution in [0, 0.1) is 0 Å². The molecule has 1 aromatic heterocycles. The summed E-state index contributed by atoms with van der Waals surface area (Å²) < 4.78 is 18.8. The lowest BCUT2D eigenvalue weighted by atomic mass is 10.00. The van der Waals surface area contributed by atoms with E-state index in [1.54, 1.807) is 21.3 Å². The predicted octanol–water partition coefficient (Wildman–Crippen LogP) is 3.10. The summed E-state index contributed by atoms with van der Waals surface area (Å²) in [4.78, 5) is 5.16. The average Bonchev–Trinajstić information content (AvgIpc) is 3.51. The predicted molar refractivity (Wildman–Crippen MR) is 126 cm³/mol. The van der Waals surface area contributed by atoms with Gasteiger partial charge >= 0.3 is 0 Å². The Kier molecular flexibility index (Phi) is 7.09. The van der Waals surface area contributed by atoms with Crippen molar-refractivity contribution in [1.82, 2.24) is 30.0 Å². The SMILES string of the molecule is COc1cc([C@@H](c2nnnn2C(C)(C)C)N2CCN(C3CCCC3)CC2)cc(OC)c1OC. The molecule has 2 heterocycles. The number of aromatic nitrogens is 4. The van der Waals surface area contributed by atoms with E-state index in [0.717, 1.165) is 43.6 Å². The highest BCUT2D eigenvalue weighted by Gasteiger charge is 2.35. The van der Waals surface area contributed by atoms with Gasteiger partial charge in [-0.25, -0.2) is 4.68 Å². The van der Waals surface area contributed by atoms with E-state index < -0.39 is 0 Å². The van der Waals surface area contributed by atoms with Crippen molar-refractivity contribution in [2.24, 2.45) is 0 Å². The fraction of sp³-hybridized carbons (Fsp3) is 0.708. The first-order chi connectivity index (χ1) is 15.9. The highest BCUT2D eigenvalue weighted by Crippen LogP contribution is 2.42. The number of hydrogen-bond donors (Lipinski definition) is 0. The van der Waals surface area contributed by atoms with Crippen molar-refractivity contribution in [1.29, 1.82) is 0 Å². The molecule has 0 N–H and O–H groups in total. The molecule has 9 nitrogen and oxygen atoms in total. The quantitative estimate of drug-likeness (QED) is 0.626. The number of nitrogens with zero attached hydrogens (tertiary/aromatic N) is 6. The van der Waals surface area contributed by atoms with Gasteiger partial charge < -0.3 is 14.2 Å². The zero-order valence-electron chi connectivity index (χ0n) is 20.9. The summed E-state index contributed by atoms with van der Waals surface area (Å²) in [6, 6.07) is 4.67. The first kappa shape index (κ1) is 23.8. The van der Waals surface area contributed by atoms with E-state index >= 15 is 0 Å². The molecule has 33 heavy (non-hydrogen) atoms. The summed E-state index contributed by atoms with van der Waals surface area (Å²) in [5.74, 6) is 2.68. The number of benzene rings is 1. The van der Waals surface area contributed by atoms with E-state index in [2.05, 4.69) is 46.1 Å². The molecule has 0 bridgehead atoms. The number of piperazine rings is 1. The van der Waals surface area contributed by atoms with Crippen molar-refractivity contribution in [2.45, 2.75) is 64.1 Å². The van der Waals surface area contributed by atoms with Crippen molar-refractivity contribution in [3.05, 3.63) is 23.5 Å². The van der Waals surface area contributed by atoms with Crippen LogP contribution >= 0.6 is 0 Å². The van der Waals surface area contributed by atoms with Gasteiger partial charge in [-0.2, -0.15) is 0 Å². The van der Waals surface area contributed by atoms with E-state index in [0.29, 0.717) is 17.2 Å². The molecular weight excluding hydrogens is 420 g/mol. The lowest BCUT2D eigenvalue weighted by Gasteiger charge is -2.41. The molecular formula is C24H38N6O3. The third-order valence-electron chi connectivity index (χ3n) is 6.93. The van der Waals surface area contributed by atoms with E-state index in [1.165, 1.54) is 25.7 Å². The zero-order chi connectivity index (χ0) is 23.6. The maximum absolute atomic E-state index is 5.67. The average molecular weight is 459 g/mol. The van der Waals surface area contributed by atoms with Crippen molar-refractivity contribution in [3.8, 4) is 17.2 Å². The lowest BCUT2D eigenvalue weighted by Crippen LogP contribution is -2.51. The Morgan fingerprint density at radius 2 is 1.52 bits per heavy atom. The van der Waals surface area contributed by atoms with Gasteiger partial charge in [0, 0.05) is 32.2 Å². The number of methoxy groups -OCH3 is 3. The Balaban J connectivity index is 1.73. The van der Waals surface area contributed by atoms with Crippen LogP contribution in [-0.4, -0.2) is 83.6 Å². The zero-order valence-corrected chi connectivity index (χ0v) is 20.9. The van der Waals surface area contributed by atoms with Crippen molar-refractivity contribution < 1.29 is 14.2 Å². The molecule has 9 heteroatoms. The smallest absolute Gasteiger partial charge is 0.203 e. The van der Waals surface area contributed by atoms with Crippen molar-refractivity contribution in [2.75, 3.05) is 47.5 Å².